The topological polar surface area (TPSA) is 85.4 Å². The highest BCUT2D eigenvalue weighted by molar-refractivity contribution is 7.81. The number of pyridine rings is 1. The van der Waals surface area contributed by atoms with Crippen LogP contribution in [0.3, 0.4) is 0 Å². The fraction of sp³-hybridized carbons (Fsp3) is 0.500. The molecular formula is C12H15FN2O4S. The molecule has 1 fully saturated rings. The van der Waals surface area contributed by atoms with E-state index < -0.39 is 10.5 Å². The minimum Gasteiger partial charge on any atom is -0.357 e. The highest BCUT2D eigenvalue weighted by Gasteiger charge is 2.18. The Morgan fingerprint density at radius 3 is 2.65 bits per heavy atom. The molecule has 0 saturated heterocycles. The Bertz CT molecular complexity index is 585. The van der Waals surface area contributed by atoms with Crippen LogP contribution in [0, 0.1) is 0 Å². The highest BCUT2D eigenvalue weighted by Crippen LogP contribution is 2.19. The van der Waals surface area contributed by atoms with Crippen LogP contribution < -0.4 is 9.50 Å². The van der Waals surface area contributed by atoms with Crippen LogP contribution in [0.5, 0.6) is 5.75 Å². The summed E-state index contributed by atoms with van der Waals surface area (Å²) < 4.78 is 37.2. The van der Waals surface area contributed by atoms with Crippen molar-refractivity contribution in [3.63, 3.8) is 0 Å². The average molecular weight is 302 g/mol. The summed E-state index contributed by atoms with van der Waals surface area (Å²) in [5, 5.41) is 2.85. The molecule has 110 valence electrons. The number of amides is 1. The monoisotopic (exact) mass is 302 g/mol. The molecule has 1 amide bonds. The Kier molecular flexibility index (Phi) is 4.53. The van der Waals surface area contributed by atoms with Crippen molar-refractivity contribution in [2.24, 2.45) is 0 Å². The van der Waals surface area contributed by atoms with E-state index in [1.54, 1.807) is 0 Å². The van der Waals surface area contributed by atoms with E-state index in [2.05, 4.69) is 14.5 Å². The molecule has 1 aromatic heterocycles. The van der Waals surface area contributed by atoms with Gasteiger partial charge in [0.2, 0.25) is 0 Å². The third-order valence-corrected chi connectivity index (χ3v) is 3.50. The number of carbonyl (C=O) groups excluding carboxylic acids is 1. The standard InChI is InChI=1S/C12H15FN2O4S/c13-20(17,18)19-11-6-9(7-14-8-11)12(16)15-10-4-2-1-3-5-10/h6-8,10H,1-5H2,(H,15,16). The predicted octanol–water partition coefficient (Wildman–Crippen LogP) is 1.74. The van der Waals surface area contributed by atoms with E-state index in [0.29, 0.717) is 0 Å². The van der Waals surface area contributed by atoms with Crippen molar-refractivity contribution in [1.82, 2.24) is 10.3 Å². The first-order chi connectivity index (χ1) is 9.44. The maximum atomic E-state index is 12.4. The number of aromatic nitrogens is 1. The van der Waals surface area contributed by atoms with Gasteiger partial charge in [0.05, 0.1) is 11.8 Å². The zero-order valence-electron chi connectivity index (χ0n) is 10.7. The highest BCUT2D eigenvalue weighted by atomic mass is 32.3. The molecule has 6 nitrogen and oxygen atoms in total. The van der Waals surface area contributed by atoms with Gasteiger partial charge in [-0.3, -0.25) is 9.78 Å². The van der Waals surface area contributed by atoms with Gasteiger partial charge in [-0.25, -0.2) is 0 Å². The molecule has 1 N–H and O–H groups in total. The summed E-state index contributed by atoms with van der Waals surface area (Å²) in [5.41, 5.74) is 0.136. The van der Waals surface area contributed by atoms with Gasteiger partial charge in [0, 0.05) is 12.2 Å². The van der Waals surface area contributed by atoms with Gasteiger partial charge in [0.25, 0.3) is 5.91 Å². The minimum atomic E-state index is -5.12. The molecule has 0 radical (unpaired) electrons. The van der Waals surface area contributed by atoms with Gasteiger partial charge in [0.15, 0.2) is 5.75 Å². The molecule has 1 aliphatic rings. The molecule has 0 aromatic carbocycles. The van der Waals surface area contributed by atoms with Crippen molar-refractivity contribution in [3.05, 3.63) is 24.0 Å². The first-order valence-corrected chi connectivity index (χ1v) is 7.65. The Hall–Kier alpha value is -1.70. The van der Waals surface area contributed by atoms with Gasteiger partial charge >= 0.3 is 10.5 Å². The average Bonchev–Trinajstić information content (AvgIpc) is 2.38. The fourth-order valence-corrected chi connectivity index (χ4v) is 2.54. The van der Waals surface area contributed by atoms with Crippen LogP contribution >= 0.6 is 0 Å². The van der Waals surface area contributed by atoms with Crippen molar-refractivity contribution >= 4 is 16.4 Å². The first-order valence-electron chi connectivity index (χ1n) is 6.34. The van der Waals surface area contributed by atoms with Gasteiger partial charge in [0.1, 0.15) is 0 Å². The number of halogens is 1. The molecule has 20 heavy (non-hydrogen) atoms. The lowest BCUT2D eigenvalue weighted by molar-refractivity contribution is 0.0927. The number of rotatable bonds is 4. The second-order valence-corrected chi connectivity index (χ2v) is 5.65. The van der Waals surface area contributed by atoms with E-state index in [0.717, 1.165) is 37.9 Å². The zero-order valence-corrected chi connectivity index (χ0v) is 11.5. The molecule has 8 heteroatoms. The van der Waals surface area contributed by atoms with Crippen LogP contribution in [0.2, 0.25) is 0 Å². The first kappa shape index (κ1) is 14.7. The third-order valence-electron chi connectivity index (χ3n) is 3.11. The predicted molar refractivity (Wildman–Crippen MR) is 69.2 cm³/mol. The second kappa shape index (κ2) is 6.17. The maximum absolute atomic E-state index is 12.4. The van der Waals surface area contributed by atoms with Crippen LogP contribution in [0.15, 0.2) is 18.5 Å². The molecule has 1 heterocycles. The van der Waals surface area contributed by atoms with Crippen molar-refractivity contribution < 1.29 is 21.3 Å². The van der Waals surface area contributed by atoms with Crippen molar-refractivity contribution in [1.29, 1.82) is 0 Å². The van der Waals surface area contributed by atoms with E-state index in [1.165, 1.54) is 12.6 Å². The molecule has 1 aliphatic carbocycles. The Labute approximate surface area is 116 Å². The summed E-state index contributed by atoms with van der Waals surface area (Å²) in [5.74, 6) is -0.699. The smallest absolute Gasteiger partial charge is 0.357 e. The summed E-state index contributed by atoms with van der Waals surface area (Å²) in [6, 6.07) is 1.26. The van der Waals surface area contributed by atoms with Crippen LogP contribution in [-0.2, 0) is 10.5 Å². The summed E-state index contributed by atoms with van der Waals surface area (Å²) >= 11 is 0. The molecule has 0 atom stereocenters. The molecule has 1 aromatic rings. The number of hydrogen-bond acceptors (Lipinski definition) is 5. The van der Waals surface area contributed by atoms with E-state index >= 15 is 0 Å². The molecule has 2 rings (SSSR count). The number of carbonyl (C=O) groups is 1. The van der Waals surface area contributed by atoms with Gasteiger partial charge in [-0.1, -0.05) is 23.1 Å². The molecule has 0 aliphatic heterocycles. The molecule has 1 saturated carbocycles. The van der Waals surface area contributed by atoms with Gasteiger partial charge < -0.3 is 9.50 Å². The normalized spacial score (nSPS) is 16.6. The van der Waals surface area contributed by atoms with Gasteiger partial charge in [-0.05, 0) is 18.9 Å². The van der Waals surface area contributed by atoms with E-state index in [4.69, 9.17) is 0 Å². The molecule has 0 spiro atoms. The summed E-state index contributed by atoms with van der Waals surface area (Å²) in [7, 11) is -5.12. The van der Waals surface area contributed by atoms with Crippen LogP contribution in [0.1, 0.15) is 42.5 Å². The van der Waals surface area contributed by atoms with Gasteiger partial charge in [-0.15, -0.1) is 0 Å². The third kappa shape index (κ3) is 4.44. The fourth-order valence-electron chi connectivity index (χ4n) is 2.22. The summed E-state index contributed by atoms with van der Waals surface area (Å²) in [4.78, 5) is 15.6. The maximum Gasteiger partial charge on any atom is 0.488 e. The SMILES string of the molecule is O=C(NC1CCCCC1)c1cncc(OS(=O)(=O)F)c1. The lowest BCUT2D eigenvalue weighted by Gasteiger charge is -2.22. The van der Waals surface area contributed by atoms with Crippen molar-refractivity contribution in [3.8, 4) is 5.75 Å². The van der Waals surface area contributed by atoms with Gasteiger partial charge in [-0.2, -0.15) is 8.42 Å². The van der Waals surface area contributed by atoms with Crippen LogP contribution in [-0.4, -0.2) is 25.4 Å². The van der Waals surface area contributed by atoms with Crippen LogP contribution in [0.25, 0.3) is 0 Å². The molecular weight excluding hydrogens is 287 g/mol. The quantitative estimate of drug-likeness (QED) is 0.856. The van der Waals surface area contributed by atoms with E-state index in [1.807, 2.05) is 0 Å². The van der Waals surface area contributed by atoms with Crippen LogP contribution in [0.4, 0.5) is 3.89 Å². The largest absolute Gasteiger partial charge is 0.488 e. The Morgan fingerprint density at radius 1 is 1.30 bits per heavy atom. The Morgan fingerprint density at radius 2 is 2.00 bits per heavy atom. The number of nitrogens with zero attached hydrogens (tertiary/aromatic N) is 1. The van der Waals surface area contributed by atoms with E-state index in [9.17, 15) is 17.1 Å². The molecule has 0 unspecified atom stereocenters. The lowest BCUT2D eigenvalue weighted by atomic mass is 9.95. The Balaban J connectivity index is 2.04. The van der Waals surface area contributed by atoms with E-state index in [-0.39, 0.29) is 23.3 Å². The van der Waals surface area contributed by atoms with Crippen molar-refractivity contribution in [2.45, 2.75) is 38.1 Å². The second-order valence-electron chi connectivity index (χ2n) is 4.69. The number of hydrogen-bond donors (Lipinski definition) is 1. The lowest BCUT2D eigenvalue weighted by Crippen LogP contribution is -2.36. The summed E-state index contributed by atoms with van der Waals surface area (Å²) in [6.07, 6.45) is 7.47. The molecule has 0 bridgehead atoms. The minimum absolute atomic E-state index is 0.116. The summed E-state index contributed by atoms with van der Waals surface area (Å²) in [6.45, 7) is 0. The zero-order chi connectivity index (χ0) is 14.6. The number of nitrogens with one attached hydrogen (secondary N) is 1. The van der Waals surface area contributed by atoms with Crippen molar-refractivity contribution in [2.75, 3.05) is 0 Å².